The molecule has 2 nitrogen and oxygen atoms in total. The lowest BCUT2D eigenvalue weighted by Crippen LogP contribution is -2.44. The summed E-state index contributed by atoms with van der Waals surface area (Å²) in [6, 6.07) is 4.47. The maximum absolute atomic E-state index is 13.4. The van der Waals surface area contributed by atoms with E-state index in [4.69, 9.17) is 11.6 Å². The van der Waals surface area contributed by atoms with Gasteiger partial charge in [-0.15, -0.1) is 0 Å². The molecule has 0 N–H and O–H groups in total. The van der Waals surface area contributed by atoms with E-state index in [0.29, 0.717) is 4.83 Å². The summed E-state index contributed by atoms with van der Waals surface area (Å²) in [5.41, 5.74) is 0.231. The molecule has 0 spiro atoms. The Morgan fingerprint density at radius 2 is 2.11 bits per heavy atom. The lowest BCUT2D eigenvalue weighted by molar-refractivity contribution is 0.0704. The first kappa shape index (κ1) is 14.8. The molecule has 2 unspecified atom stereocenters. The number of carbonyl (C=O) groups is 1. The summed E-state index contributed by atoms with van der Waals surface area (Å²) in [6.07, 6.45) is 4.31. The molecule has 1 aliphatic rings. The van der Waals surface area contributed by atoms with Gasteiger partial charge < -0.3 is 4.90 Å². The fourth-order valence-electron chi connectivity index (χ4n) is 2.51. The normalized spacial score (nSPS) is 23.2. The number of amides is 1. The molecule has 1 amide bonds. The van der Waals surface area contributed by atoms with Crippen molar-refractivity contribution in [3.05, 3.63) is 34.6 Å². The zero-order valence-electron chi connectivity index (χ0n) is 10.7. The minimum atomic E-state index is -0.556. The van der Waals surface area contributed by atoms with E-state index < -0.39 is 5.82 Å². The fourth-order valence-corrected chi connectivity index (χ4v) is 3.66. The second-order valence-electron chi connectivity index (χ2n) is 4.89. The third-order valence-corrected chi connectivity index (χ3v) is 5.10. The molecule has 19 heavy (non-hydrogen) atoms. The minimum absolute atomic E-state index is 0.0960. The number of rotatable bonds is 2. The van der Waals surface area contributed by atoms with Gasteiger partial charge in [0, 0.05) is 17.9 Å². The molecule has 0 radical (unpaired) electrons. The third kappa shape index (κ3) is 3.11. The monoisotopic (exact) mass is 347 g/mol. The van der Waals surface area contributed by atoms with Crippen LogP contribution in [0.1, 0.15) is 36.0 Å². The van der Waals surface area contributed by atoms with Gasteiger partial charge in [-0.25, -0.2) is 4.39 Å². The van der Waals surface area contributed by atoms with Crippen molar-refractivity contribution in [2.45, 2.75) is 36.6 Å². The maximum atomic E-state index is 13.4. The average molecular weight is 349 g/mol. The van der Waals surface area contributed by atoms with Crippen LogP contribution in [0.3, 0.4) is 0 Å². The summed E-state index contributed by atoms with van der Waals surface area (Å²) < 4.78 is 13.4. The van der Waals surface area contributed by atoms with E-state index in [1.165, 1.54) is 18.6 Å². The second-order valence-corrected chi connectivity index (χ2v) is 6.44. The number of halogens is 3. The van der Waals surface area contributed by atoms with E-state index in [1.54, 1.807) is 18.0 Å². The first-order valence-corrected chi connectivity index (χ1v) is 7.67. The van der Waals surface area contributed by atoms with Crippen molar-refractivity contribution < 1.29 is 9.18 Å². The Bertz CT molecular complexity index is 483. The van der Waals surface area contributed by atoms with E-state index in [-0.39, 0.29) is 22.5 Å². The summed E-state index contributed by atoms with van der Waals surface area (Å²) in [4.78, 5) is 14.4. The maximum Gasteiger partial charge on any atom is 0.255 e. The van der Waals surface area contributed by atoms with Crippen LogP contribution in [0, 0.1) is 5.82 Å². The highest BCUT2D eigenvalue weighted by Gasteiger charge is 2.30. The lowest BCUT2D eigenvalue weighted by atomic mass is 9.94. The molecule has 0 aromatic heterocycles. The summed E-state index contributed by atoms with van der Waals surface area (Å²) in [5, 5.41) is -0.0960. The van der Waals surface area contributed by atoms with Gasteiger partial charge >= 0.3 is 0 Å². The van der Waals surface area contributed by atoms with Crippen LogP contribution >= 0.6 is 27.5 Å². The molecule has 0 saturated heterocycles. The van der Waals surface area contributed by atoms with Crippen LogP contribution in [-0.2, 0) is 0 Å². The molecule has 104 valence electrons. The third-order valence-electron chi connectivity index (χ3n) is 3.65. The van der Waals surface area contributed by atoms with Gasteiger partial charge in [-0.3, -0.25) is 4.79 Å². The van der Waals surface area contributed by atoms with Gasteiger partial charge in [0.2, 0.25) is 0 Å². The average Bonchev–Trinajstić information content (AvgIpc) is 2.41. The van der Waals surface area contributed by atoms with Gasteiger partial charge in [0.15, 0.2) is 0 Å². The lowest BCUT2D eigenvalue weighted by Gasteiger charge is -2.35. The molecule has 1 saturated carbocycles. The Morgan fingerprint density at radius 1 is 1.42 bits per heavy atom. The Morgan fingerprint density at radius 3 is 2.79 bits per heavy atom. The van der Waals surface area contributed by atoms with Crippen LogP contribution in [0.15, 0.2) is 18.2 Å². The Balaban J connectivity index is 2.21. The van der Waals surface area contributed by atoms with Gasteiger partial charge in [-0.2, -0.15) is 0 Å². The predicted molar refractivity (Wildman–Crippen MR) is 78.5 cm³/mol. The number of alkyl halides is 1. The molecular weight excluding hydrogens is 333 g/mol. The molecule has 1 aliphatic carbocycles. The summed E-state index contributed by atoms with van der Waals surface area (Å²) in [7, 11) is 1.76. The zero-order chi connectivity index (χ0) is 14.0. The van der Waals surface area contributed by atoms with Crippen LogP contribution in [0.2, 0.25) is 5.02 Å². The van der Waals surface area contributed by atoms with Crippen LogP contribution in [0.5, 0.6) is 0 Å². The fraction of sp³-hybridized carbons (Fsp3) is 0.500. The van der Waals surface area contributed by atoms with Crippen molar-refractivity contribution in [2.75, 3.05) is 7.05 Å². The molecule has 1 fully saturated rings. The quantitative estimate of drug-likeness (QED) is 0.731. The number of hydrogen-bond acceptors (Lipinski definition) is 1. The van der Waals surface area contributed by atoms with Gasteiger partial charge in [0.25, 0.3) is 5.91 Å². The van der Waals surface area contributed by atoms with Gasteiger partial charge in [-0.1, -0.05) is 46.4 Å². The molecule has 1 aromatic carbocycles. The Kier molecular flexibility index (Phi) is 4.85. The Hall–Kier alpha value is -0.610. The van der Waals surface area contributed by atoms with Crippen molar-refractivity contribution in [2.24, 2.45) is 0 Å². The number of carbonyl (C=O) groups excluding carboxylic acids is 1. The minimum Gasteiger partial charge on any atom is -0.338 e. The highest BCUT2D eigenvalue weighted by Crippen LogP contribution is 2.30. The zero-order valence-corrected chi connectivity index (χ0v) is 13.0. The molecule has 0 bridgehead atoms. The molecular formula is C14H16BrClFNO. The van der Waals surface area contributed by atoms with E-state index in [2.05, 4.69) is 15.9 Å². The number of benzene rings is 1. The van der Waals surface area contributed by atoms with Crippen LogP contribution < -0.4 is 0 Å². The molecule has 2 atom stereocenters. The summed E-state index contributed by atoms with van der Waals surface area (Å²) >= 11 is 9.50. The molecule has 5 heteroatoms. The van der Waals surface area contributed by atoms with E-state index in [1.807, 2.05) is 0 Å². The molecule has 1 aromatic rings. The first-order chi connectivity index (χ1) is 9.02. The van der Waals surface area contributed by atoms with Crippen molar-refractivity contribution in [1.29, 1.82) is 0 Å². The smallest absolute Gasteiger partial charge is 0.255 e. The highest BCUT2D eigenvalue weighted by molar-refractivity contribution is 9.09. The van der Waals surface area contributed by atoms with Crippen LogP contribution in [0.4, 0.5) is 4.39 Å². The largest absolute Gasteiger partial charge is 0.338 e. The van der Waals surface area contributed by atoms with Crippen LogP contribution in [-0.4, -0.2) is 28.7 Å². The molecule has 0 aliphatic heterocycles. The van der Waals surface area contributed by atoms with Gasteiger partial charge in [-0.05, 0) is 25.0 Å². The van der Waals surface area contributed by atoms with Crippen LogP contribution in [0.25, 0.3) is 0 Å². The predicted octanol–water partition coefficient (Wildman–Crippen LogP) is 4.26. The SMILES string of the molecule is CN(C(=O)c1cccc(F)c1Cl)C1CCCCC1Br. The van der Waals surface area contributed by atoms with Crippen molar-refractivity contribution in [1.82, 2.24) is 4.90 Å². The van der Waals surface area contributed by atoms with E-state index >= 15 is 0 Å². The molecule has 0 heterocycles. The van der Waals surface area contributed by atoms with Crippen molar-refractivity contribution in [3.8, 4) is 0 Å². The summed E-state index contributed by atoms with van der Waals surface area (Å²) in [5.74, 6) is -0.777. The van der Waals surface area contributed by atoms with E-state index in [0.717, 1.165) is 19.3 Å². The second kappa shape index (κ2) is 6.23. The Labute approximate surface area is 126 Å². The van der Waals surface area contributed by atoms with Gasteiger partial charge in [0.1, 0.15) is 5.82 Å². The highest BCUT2D eigenvalue weighted by atomic mass is 79.9. The van der Waals surface area contributed by atoms with Crippen molar-refractivity contribution in [3.63, 3.8) is 0 Å². The summed E-state index contributed by atoms with van der Waals surface area (Å²) in [6.45, 7) is 0. The topological polar surface area (TPSA) is 20.3 Å². The molecule has 2 rings (SSSR count). The van der Waals surface area contributed by atoms with E-state index in [9.17, 15) is 9.18 Å². The number of hydrogen-bond donors (Lipinski definition) is 0. The number of nitrogens with zero attached hydrogens (tertiary/aromatic N) is 1. The van der Waals surface area contributed by atoms with Gasteiger partial charge in [0.05, 0.1) is 10.6 Å². The standard InChI is InChI=1S/C14H16BrClFNO/c1-18(12-8-3-2-6-10(12)15)14(19)9-5-4-7-11(17)13(9)16/h4-5,7,10,12H,2-3,6,8H2,1H3. The first-order valence-electron chi connectivity index (χ1n) is 6.37. The van der Waals surface area contributed by atoms with Crippen molar-refractivity contribution >= 4 is 33.4 Å².